The Balaban J connectivity index is 4.23. The average Bonchev–Trinajstić information content (AvgIpc) is 1.98. The fourth-order valence-corrected chi connectivity index (χ4v) is 1.12. The third-order valence-electron chi connectivity index (χ3n) is 1.53. The first-order chi connectivity index (χ1) is 5.49. The predicted octanol–water partition coefficient (Wildman–Crippen LogP) is 1.54. The molecular formula is C8H13ClO3. The van der Waals surface area contributed by atoms with Crippen LogP contribution >= 0.6 is 11.6 Å². The van der Waals surface area contributed by atoms with Crippen LogP contribution < -0.4 is 0 Å². The standard InChI is InChI=1S/C8H13ClO3/c1-5(2)3-6(8(11)12)7(10)4-9/h5-6H,3-4H2,1-2H3,(H,11,12)/t6-/m1/s1. The molecular weight excluding hydrogens is 180 g/mol. The minimum atomic E-state index is -1.07. The van der Waals surface area contributed by atoms with E-state index in [4.69, 9.17) is 16.7 Å². The van der Waals surface area contributed by atoms with Crippen molar-refractivity contribution < 1.29 is 14.7 Å². The molecule has 0 aliphatic carbocycles. The lowest BCUT2D eigenvalue weighted by Gasteiger charge is -2.11. The van der Waals surface area contributed by atoms with Gasteiger partial charge in [-0.05, 0) is 12.3 Å². The Labute approximate surface area is 76.7 Å². The summed E-state index contributed by atoms with van der Waals surface area (Å²) < 4.78 is 0. The number of halogens is 1. The van der Waals surface area contributed by atoms with Crippen molar-refractivity contribution in [2.75, 3.05) is 5.88 Å². The van der Waals surface area contributed by atoms with E-state index in [1.807, 2.05) is 13.8 Å². The molecule has 70 valence electrons. The molecule has 1 atom stereocenters. The van der Waals surface area contributed by atoms with E-state index >= 15 is 0 Å². The van der Waals surface area contributed by atoms with Crippen LogP contribution in [0, 0.1) is 11.8 Å². The predicted molar refractivity (Wildman–Crippen MR) is 46.3 cm³/mol. The molecule has 0 aromatic carbocycles. The van der Waals surface area contributed by atoms with E-state index in [1.165, 1.54) is 0 Å². The lowest BCUT2D eigenvalue weighted by atomic mass is 9.94. The monoisotopic (exact) mass is 192 g/mol. The van der Waals surface area contributed by atoms with E-state index in [-0.39, 0.29) is 11.8 Å². The van der Waals surface area contributed by atoms with Gasteiger partial charge in [-0.15, -0.1) is 11.6 Å². The van der Waals surface area contributed by atoms with Crippen LogP contribution in [0.2, 0.25) is 0 Å². The van der Waals surface area contributed by atoms with Crippen LogP contribution in [0.1, 0.15) is 20.3 Å². The normalized spacial score (nSPS) is 13.0. The van der Waals surface area contributed by atoms with Crippen molar-refractivity contribution in [3.05, 3.63) is 0 Å². The van der Waals surface area contributed by atoms with Crippen LogP contribution in [-0.2, 0) is 9.59 Å². The first-order valence-electron chi connectivity index (χ1n) is 3.80. The molecule has 4 heteroatoms. The molecule has 0 bridgehead atoms. The molecule has 3 nitrogen and oxygen atoms in total. The molecule has 0 radical (unpaired) electrons. The molecule has 0 amide bonds. The largest absolute Gasteiger partial charge is 0.481 e. The number of rotatable bonds is 5. The maximum atomic E-state index is 11.0. The number of carboxylic acids is 1. The van der Waals surface area contributed by atoms with Gasteiger partial charge in [-0.1, -0.05) is 13.8 Å². The topological polar surface area (TPSA) is 54.4 Å². The number of Topliss-reactive ketones (excluding diaryl/α,β-unsaturated/α-hetero) is 1. The number of ketones is 1. The van der Waals surface area contributed by atoms with Crippen LogP contribution in [0.4, 0.5) is 0 Å². The molecule has 0 rings (SSSR count). The highest BCUT2D eigenvalue weighted by molar-refractivity contribution is 6.29. The van der Waals surface area contributed by atoms with Crippen molar-refractivity contribution in [2.24, 2.45) is 11.8 Å². The second-order valence-corrected chi connectivity index (χ2v) is 3.39. The number of carbonyl (C=O) groups is 2. The number of carboxylic acid groups (broad SMARTS) is 1. The zero-order valence-electron chi connectivity index (χ0n) is 7.21. The Morgan fingerprint density at radius 1 is 1.42 bits per heavy atom. The van der Waals surface area contributed by atoms with Gasteiger partial charge < -0.3 is 5.11 Å². The number of hydrogen-bond acceptors (Lipinski definition) is 2. The number of hydrogen-bond donors (Lipinski definition) is 1. The molecule has 0 saturated carbocycles. The zero-order valence-corrected chi connectivity index (χ0v) is 7.97. The van der Waals surface area contributed by atoms with Crippen LogP contribution in [-0.4, -0.2) is 22.7 Å². The Morgan fingerprint density at radius 3 is 2.17 bits per heavy atom. The van der Waals surface area contributed by atoms with Crippen LogP contribution in [0.25, 0.3) is 0 Å². The Hall–Kier alpha value is -0.570. The molecule has 0 aromatic rings. The van der Waals surface area contributed by atoms with Gasteiger partial charge in [-0.2, -0.15) is 0 Å². The number of aliphatic carboxylic acids is 1. The van der Waals surface area contributed by atoms with Crippen LogP contribution in [0.3, 0.4) is 0 Å². The van der Waals surface area contributed by atoms with Crippen molar-refractivity contribution >= 4 is 23.4 Å². The Bertz CT molecular complexity index is 177. The van der Waals surface area contributed by atoms with Gasteiger partial charge in [-0.3, -0.25) is 9.59 Å². The summed E-state index contributed by atoms with van der Waals surface area (Å²) >= 11 is 5.26. The van der Waals surface area contributed by atoms with E-state index < -0.39 is 17.7 Å². The molecule has 0 unspecified atom stereocenters. The number of alkyl halides is 1. The molecule has 0 aromatic heterocycles. The molecule has 1 N–H and O–H groups in total. The summed E-state index contributed by atoms with van der Waals surface area (Å²) in [5.74, 6) is -2.43. The minimum Gasteiger partial charge on any atom is -0.481 e. The van der Waals surface area contributed by atoms with Crippen molar-refractivity contribution in [1.82, 2.24) is 0 Å². The summed E-state index contributed by atoms with van der Waals surface area (Å²) in [6.45, 7) is 3.74. The van der Waals surface area contributed by atoms with E-state index in [2.05, 4.69) is 0 Å². The van der Waals surface area contributed by atoms with E-state index in [0.29, 0.717) is 6.42 Å². The van der Waals surface area contributed by atoms with Gasteiger partial charge in [0.2, 0.25) is 0 Å². The van der Waals surface area contributed by atoms with Crippen molar-refractivity contribution in [2.45, 2.75) is 20.3 Å². The smallest absolute Gasteiger partial charge is 0.314 e. The van der Waals surface area contributed by atoms with E-state index in [9.17, 15) is 9.59 Å². The molecule has 0 spiro atoms. The van der Waals surface area contributed by atoms with Gasteiger partial charge in [0.05, 0.1) is 5.88 Å². The highest BCUT2D eigenvalue weighted by Crippen LogP contribution is 2.13. The molecule has 0 aliphatic heterocycles. The summed E-state index contributed by atoms with van der Waals surface area (Å²) in [6, 6.07) is 0. The van der Waals surface area contributed by atoms with Gasteiger partial charge in [0.15, 0.2) is 5.78 Å². The first-order valence-corrected chi connectivity index (χ1v) is 4.34. The fraction of sp³-hybridized carbons (Fsp3) is 0.750. The second-order valence-electron chi connectivity index (χ2n) is 3.12. The Kier molecular flexibility index (Phi) is 4.90. The molecule has 0 aliphatic rings. The fourth-order valence-electron chi connectivity index (χ4n) is 0.935. The maximum Gasteiger partial charge on any atom is 0.314 e. The van der Waals surface area contributed by atoms with Gasteiger partial charge >= 0.3 is 5.97 Å². The maximum absolute atomic E-state index is 11.0. The van der Waals surface area contributed by atoms with Gasteiger partial charge in [-0.25, -0.2) is 0 Å². The first kappa shape index (κ1) is 11.4. The summed E-state index contributed by atoms with van der Waals surface area (Å²) in [6.07, 6.45) is 0.362. The van der Waals surface area contributed by atoms with Crippen molar-refractivity contribution in [3.63, 3.8) is 0 Å². The summed E-state index contributed by atoms with van der Waals surface area (Å²) in [4.78, 5) is 21.5. The molecule has 0 saturated heterocycles. The average molecular weight is 193 g/mol. The lowest BCUT2D eigenvalue weighted by Crippen LogP contribution is -2.26. The Morgan fingerprint density at radius 2 is 1.92 bits per heavy atom. The summed E-state index contributed by atoms with van der Waals surface area (Å²) in [5.41, 5.74) is 0. The molecule has 12 heavy (non-hydrogen) atoms. The van der Waals surface area contributed by atoms with Gasteiger partial charge in [0.1, 0.15) is 5.92 Å². The summed E-state index contributed by atoms with van der Waals surface area (Å²) in [5, 5.41) is 8.64. The van der Waals surface area contributed by atoms with E-state index in [0.717, 1.165) is 0 Å². The highest BCUT2D eigenvalue weighted by Gasteiger charge is 2.25. The van der Waals surface area contributed by atoms with Crippen molar-refractivity contribution in [3.8, 4) is 0 Å². The highest BCUT2D eigenvalue weighted by atomic mass is 35.5. The number of carbonyl (C=O) groups excluding carboxylic acids is 1. The quantitative estimate of drug-likeness (QED) is 0.531. The van der Waals surface area contributed by atoms with Gasteiger partial charge in [0, 0.05) is 0 Å². The van der Waals surface area contributed by atoms with Crippen molar-refractivity contribution in [1.29, 1.82) is 0 Å². The third-order valence-corrected chi connectivity index (χ3v) is 1.79. The SMILES string of the molecule is CC(C)C[C@@H](C(=O)O)C(=O)CCl. The van der Waals surface area contributed by atoms with Gasteiger partial charge in [0.25, 0.3) is 0 Å². The minimum absolute atomic E-state index is 0.193. The second kappa shape index (κ2) is 5.14. The van der Waals surface area contributed by atoms with Crippen LogP contribution in [0.15, 0.2) is 0 Å². The zero-order chi connectivity index (χ0) is 9.72. The lowest BCUT2D eigenvalue weighted by molar-refractivity contribution is -0.146. The summed E-state index contributed by atoms with van der Waals surface area (Å²) in [7, 11) is 0. The third kappa shape index (κ3) is 3.72. The molecule has 0 heterocycles. The van der Waals surface area contributed by atoms with Crippen LogP contribution in [0.5, 0.6) is 0 Å². The molecule has 0 fully saturated rings. The van der Waals surface area contributed by atoms with E-state index in [1.54, 1.807) is 0 Å².